The number of nitrogens with one attached hydrogen (secondary N) is 2. The molecule has 130 valence electrons. The Hall–Kier alpha value is -2.90. The minimum Gasteiger partial charge on any atom is -0.464 e. The smallest absolute Gasteiger partial charge is 0.340 e. The van der Waals surface area contributed by atoms with Gasteiger partial charge in [0.05, 0.1) is 19.8 Å². The number of ether oxygens (including phenoxy) is 2. The highest BCUT2D eigenvalue weighted by Gasteiger charge is 2.31. The van der Waals surface area contributed by atoms with Crippen molar-refractivity contribution in [1.29, 1.82) is 0 Å². The first-order valence-electron chi connectivity index (χ1n) is 7.45. The summed E-state index contributed by atoms with van der Waals surface area (Å²) >= 11 is 0. The third kappa shape index (κ3) is 6.07. The maximum Gasteiger partial charge on any atom is 0.340 e. The number of amides is 2. The van der Waals surface area contributed by atoms with E-state index in [4.69, 9.17) is 9.47 Å². The SMILES string of the molecule is CCOC(=O)C(NC(=O)CNC(=O)c1ccccc1)C(=O)OCC. The molecule has 0 saturated carbocycles. The van der Waals surface area contributed by atoms with Crippen molar-refractivity contribution in [2.24, 2.45) is 0 Å². The standard InChI is InChI=1S/C16H20N2O6/c1-3-23-15(21)13(16(22)24-4-2)18-12(19)10-17-14(20)11-8-6-5-7-9-11/h5-9,13H,3-4,10H2,1-2H3,(H,17,20)(H,18,19). The number of hydrogen-bond donors (Lipinski definition) is 2. The first-order valence-corrected chi connectivity index (χ1v) is 7.45. The van der Waals surface area contributed by atoms with Crippen molar-refractivity contribution in [2.75, 3.05) is 19.8 Å². The van der Waals surface area contributed by atoms with E-state index in [-0.39, 0.29) is 13.2 Å². The van der Waals surface area contributed by atoms with E-state index >= 15 is 0 Å². The minimum atomic E-state index is -1.56. The van der Waals surface area contributed by atoms with E-state index in [9.17, 15) is 19.2 Å². The lowest BCUT2D eigenvalue weighted by Gasteiger charge is -2.16. The third-order valence-electron chi connectivity index (χ3n) is 2.80. The molecule has 0 spiro atoms. The van der Waals surface area contributed by atoms with Gasteiger partial charge in [0.1, 0.15) is 0 Å². The van der Waals surface area contributed by atoms with Gasteiger partial charge in [-0.15, -0.1) is 0 Å². The maximum atomic E-state index is 11.9. The quantitative estimate of drug-likeness (QED) is 0.512. The molecule has 0 radical (unpaired) electrons. The summed E-state index contributed by atoms with van der Waals surface area (Å²) in [7, 11) is 0. The number of carbonyl (C=O) groups excluding carboxylic acids is 4. The molecule has 0 aliphatic rings. The highest BCUT2D eigenvalue weighted by atomic mass is 16.6. The summed E-state index contributed by atoms with van der Waals surface area (Å²) in [6.07, 6.45) is 0. The summed E-state index contributed by atoms with van der Waals surface area (Å²) in [5.41, 5.74) is 0.387. The van der Waals surface area contributed by atoms with Crippen LogP contribution in [0.5, 0.6) is 0 Å². The molecule has 0 bridgehead atoms. The fraction of sp³-hybridized carbons (Fsp3) is 0.375. The normalized spacial score (nSPS) is 9.96. The number of esters is 2. The molecular weight excluding hydrogens is 316 g/mol. The molecule has 1 rings (SSSR count). The van der Waals surface area contributed by atoms with Crippen LogP contribution in [0.4, 0.5) is 0 Å². The summed E-state index contributed by atoms with van der Waals surface area (Å²) in [6, 6.07) is 6.75. The van der Waals surface area contributed by atoms with E-state index in [1.165, 1.54) is 0 Å². The van der Waals surface area contributed by atoms with Gasteiger partial charge in [0.25, 0.3) is 5.91 Å². The van der Waals surface area contributed by atoms with Crippen LogP contribution in [-0.4, -0.2) is 49.6 Å². The summed E-state index contributed by atoms with van der Waals surface area (Å²) in [4.78, 5) is 47.2. The molecule has 8 heteroatoms. The topological polar surface area (TPSA) is 111 Å². The summed E-state index contributed by atoms with van der Waals surface area (Å²) in [6.45, 7) is 2.85. The lowest BCUT2D eigenvalue weighted by molar-refractivity contribution is -0.159. The Morgan fingerprint density at radius 2 is 1.50 bits per heavy atom. The van der Waals surface area contributed by atoms with Crippen molar-refractivity contribution in [3.05, 3.63) is 35.9 Å². The van der Waals surface area contributed by atoms with E-state index in [2.05, 4.69) is 10.6 Å². The van der Waals surface area contributed by atoms with E-state index in [1.54, 1.807) is 44.2 Å². The number of rotatable bonds is 8. The zero-order chi connectivity index (χ0) is 17.9. The molecule has 0 unspecified atom stereocenters. The second kappa shape index (κ2) is 9.98. The van der Waals surface area contributed by atoms with Crippen molar-refractivity contribution < 1.29 is 28.7 Å². The van der Waals surface area contributed by atoms with Gasteiger partial charge in [-0.05, 0) is 26.0 Å². The largest absolute Gasteiger partial charge is 0.464 e. The summed E-state index contributed by atoms with van der Waals surface area (Å²) in [5.74, 6) is -3.00. The number of carbonyl (C=O) groups is 4. The molecule has 24 heavy (non-hydrogen) atoms. The van der Waals surface area contributed by atoms with Gasteiger partial charge in [0.15, 0.2) is 0 Å². The number of benzene rings is 1. The average molecular weight is 336 g/mol. The first kappa shape index (κ1) is 19.1. The van der Waals surface area contributed by atoms with Crippen LogP contribution < -0.4 is 10.6 Å². The van der Waals surface area contributed by atoms with E-state index in [0.717, 1.165) is 0 Å². The maximum absolute atomic E-state index is 11.9. The molecule has 0 saturated heterocycles. The second-order valence-electron chi connectivity index (χ2n) is 4.55. The Balaban J connectivity index is 2.59. The zero-order valence-corrected chi connectivity index (χ0v) is 13.5. The predicted molar refractivity (Wildman–Crippen MR) is 84.0 cm³/mol. The summed E-state index contributed by atoms with van der Waals surface area (Å²) < 4.78 is 9.45. The monoisotopic (exact) mass is 336 g/mol. The van der Waals surface area contributed by atoms with Gasteiger partial charge in [0.2, 0.25) is 11.9 Å². The van der Waals surface area contributed by atoms with E-state index in [0.29, 0.717) is 5.56 Å². The van der Waals surface area contributed by atoms with Crippen LogP contribution in [0.1, 0.15) is 24.2 Å². The lowest BCUT2D eigenvalue weighted by atomic mass is 10.2. The zero-order valence-electron chi connectivity index (χ0n) is 13.5. The van der Waals surface area contributed by atoms with Crippen LogP contribution >= 0.6 is 0 Å². The van der Waals surface area contributed by atoms with Gasteiger partial charge in [-0.3, -0.25) is 9.59 Å². The molecule has 2 N–H and O–H groups in total. The van der Waals surface area contributed by atoms with Gasteiger partial charge in [-0.2, -0.15) is 0 Å². The first-order chi connectivity index (χ1) is 11.5. The molecule has 2 amide bonds. The Morgan fingerprint density at radius 3 is 2.00 bits per heavy atom. The molecule has 0 aliphatic carbocycles. The third-order valence-corrected chi connectivity index (χ3v) is 2.80. The van der Waals surface area contributed by atoms with Crippen molar-refractivity contribution in [2.45, 2.75) is 19.9 Å². The molecule has 0 fully saturated rings. The molecular formula is C16H20N2O6. The molecule has 0 heterocycles. The average Bonchev–Trinajstić information content (AvgIpc) is 2.58. The van der Waals surface area contributed by atoms with Gasteiger partial charge in [0, 0.05) is 5.56 Å². The molecule has 8 nitrogen and oxygen atoms in total. The molecule has 0 aromatic heterocycles. The van der Waals surface area contributed by atoms with Gasteiger partial charge in [-0.25, -0.2) is 9.59 Å². The highest BCUT2D eigenvalue weighted by molar-refractivity contribution is 6.03. The lowest BCUT2D eigenvalue weighted by Crippen LogP contribution is -2.51. The molecule has 1 aromatic carbocycles. The predicted octanol–water partition coefficient (Wildman–Crippen LogP) is 0.0274. The highest BCUT2D eigenvalue weighted by Crippen LogP contribution is 1.98. The Morgan fingerprint density at radius 1 is 0.958 bits per heavy atom. The van der Waals surface area contributed by atoms with Crippen LogP contribution in [-0.2, 0) is 23.9 Å². The Labute approximate surface area is 139 Å². The fourth-order valence-electron chi connectivity index (χ4n) is 1.73. The van der Waals surface area contributed by atoms with Gasteiger partial charge >= 0.3 is 11.9 Å². The van der Waals surface area contributed by atoms with Gasteiger partial charge in [-0.1, -0.05) is 18.2 Å². The van der Waals surface area contributed by atoms with Crippen molar-refractivity contribution >= 4 is 23.8 Å². The van der Waals surface area contributed by atoms with Crippen molar-refractivity contribution in [3.63, 3.8) is 0 Å². The Bertz CT molecular complexity index is 569. The fourth-order valence-corrected chi connectivity index (χ4v) is 1.73. The van der Waals surface area contributed by atoms with Gasteiger partial charge < -0.3 is 20.1 Å². The molecule has 0 aliphatic heterocycles. The van der Waals surface area contributed by atoms with Crippen molar-refractivity contribution in [3.8, 4) is 0 Å². The molecule has 1 aromatic rings. The van der Waals surface area contributed by atoms with Crippen LogP contribution in [0.15, 0.2) is 30.3 Å². The minimum absolute atomic E-state index is 0.0509. The van der Waals surface area contributed by atoms with Crippen LogP contribution in [0.3, 0.4) is 0 Å². The number of hydrogen-bond acceptors (Lipinski definition) is 6. The molecule has 0 atom stereocenters. The van der Waals surface area contributed by atoms with Crippen molar-refractivity contribution in [1.82, 2.24) is 10.6 Å². The summed E-state index contributed by atoms with van der Waals surface area (Å²) in [5, 5.41) is 4.58. The second-order valence-corrected chi connectivity index (χ2v) is 4.55. The van der Waals surface area contributed by atoms with Crippen LogP contribution in [0.25, 0.3) is 0 Å². The van der Waals surface area contributed by atoms with Crippen LogP contribution in [0, 0.1) is 0 Å². The van der Waals surface area contributed by atoms with Crippen LogP contribution in [0.2, 0.25) is 0 Å². The van der Waals surface area contributed by atoms with E-state index < -0.39 is 36.3 Å². The van der Waals surface area contributed by atoms with E-state index in [1.807, 2.05) is 0 Å². The Kier molecular flexibility index (Phi) is 7.97.